The van der Waals surface area contributed by atoms with Gasteiger partial charge in [0, 0.05) is 58.0 Å². The van der Waals surface area contributed by atoms with Crippen LogP contribution in [0.25, 0.3) is 0 Å². The number of aromatic nitrogens is 4. The molecule has 0 aliphatic carbocycles. The predicted molar refractivity (Wildman–Crippen MR) is 105 cm³/mol. The first-order valence-corrected chi connectivity index (χ1v) is 8.14. The Labute approximate surface area is 163 Å². The lowest BCUT2D eigenvalue weighted by molar-refractivity contribution is 0.375. The zero-order valence-electron chi connectivity index (χ0n) is 14.2. The largest absolute Gasteiger partial charge is 0.370 e. The second-order valence-corrected chi connectivity index (χ2v) is 5.47. The number of guanidine groups is 1. The summed E-state index contributed by atoms with van der Waals surface area (Å²) in [7, 11) is 0. The average Bonchev–Trinajstić information content (AvgIpc) is 3.10. The lowest BCUT2D eigenvalue weighted by Gasteiger charge is -2.35. The fraction of sp³-hybridized carbons (Fsp3) is 0.533. The van der Waals surface area contributed by atoms with Crippen molar-refractivity contribution in [2.45, 2.75) is 19.8 Å². The molecular formula is C15H23IN8O. The molecule has 1 fully saturated rings. The molecule has 9 nitrogen and oxygen atoms in total. The van der Waals surface area contributed by atoms with Crippen molar-refractivity contribution in [3.63, 3.8) is 0 Å². The van der Waals surface area contributed by atoms with Crippen molar-refractivity contribution in [3.8, 4) is 0 Å². The molecule has 25 heavy (non-hydrogen) atoms. The van der Waals surface area contributed by atoms with Crippen LogP contribution in [0.5, 0.6) is 0 Å². The minimum atomic E-state index is 0. The molecule has 2 N–H and O–H groups in total. The third kappa shape index (κ3) is 5.25. The van der Waals surface area contributed by atoms with Gasteiger partial charge in [0.1, 0.15) is 0 Å². The number of hydrogen-bond donors (Lipinski definition) is 1. The van der Waals surface area contributed by atoms with Crippen molar-refractivity contribution < 1.29 is 4.52 Å². The Morgan fingerprint density at radius 2 is 1.96 bits per heavy atom. The van der Waals surface area contributed by atoms with Crippen LogP contribution in [-0.2, 0) is 12.8 Å². The third-order valence-electron chi connectivity index (χ3n) is 3.86. The van der Waals surface area contributed by atoms with E-state index >= 15 is 0 Å². The van der Waals surface area contributed by atoms with Gasteiger partial charge < -0.3 is 20.1 Å². The molecule has 0 unspecified atom stereocenters. The first-order chi connectivity index (χ1) is 11.8. The summed E-state index contributed by atoms with van der Waals surface area (Å²) in [5.41, 5.74) is 6.09. The van der Waals surface area contributed by atoms with E-state index in [1.54, 1.807) is 12.4 Å². The Morgan fingerprint density at radius 3 is 2.60 bits per heavy atom. The number of rotatable bonds is 5. The number of halogens is 1. The SMILES string of the molecule is CCc1nc(CCN=C(N)N2CCN(c3ncccn3)CC2)no1.I. The third-order valence-corrected chi connectivity index (χ3v) is 3.86. The second kappa shape index (κ2) is 9.49. The Bertz CT molecular complexity index is 669. The summed E-state index contributed by atoms with van der Waals surface area (Å²) < 4.78 is 5.07. The van der Waals surface area contributed by atoms with Crippen LogP contribution >= 0.6 is 24.0 Å². The maximum absolute atomic E-state index is 6.09. The molecule has 3 heterocycles. The zero-order chi connectivity index (χ0) is 16.8. The van der Waals surface area contributed by atoms with E-state index in [9.17, 15) is 0 Å². The Morgan fingerprint density at radius 1 is 1.24 bits per heavy atom. The van der Waals surface area contributed by atoms with E-state index in [0.29, 0.717) is 30.6 Å². The van der Waals surface area contributed by atoms with Gasteiger partial charge in [-0.3, -0.25) is 4.99 Å². The van der Waals surface area contributed by atoms with E-state index in [2.05, 4.69) is 34.9 Å². The van der Waals surface area contributed by atoms with Crippen LogP contribution in [0.2, 0.25) is 0 Å². The summed E-state index contributed by atoms with van der Waals surface area (Å²) in [6, 6.07) is 1.82. The molecule has 10 heteroatoms. The van der Waals surface area contributed by atoms with Crippen LogP contribution in [0.1, 0.15) is 18.6 Å². The number of piperazine rings is 1. The van der Waals surface area contributed by atoms with E-state index < -0.39 is 0 Å². The minimum absolute atomic E-state index is 0. The monoisotopic (exact) mass is 458 g/mol. The molecule has 2 aromatic rings. The lowest BCUT2D eigenvalue weighted by atomic mass is 10.3. The molecule has 0 atom stereocenters. The molecule has 3 rings (SSSR count). The van der Waals surface area contributed by atoms with Gasteiger partial charge in [0.2, 0.25) is 11.8 Å². The Hall–Kier alpha value is -1.98. The van der Waals surface area contributed by atoms with Gasteiger partial charge in [0.15, 0.2) is 11.8 Å². The summed E-state index contributed by atoms with van der Waals surface area (Å²) in [5, 5.41) is 3.91. The number of anilines is 1. The van der Waals surface area contributed by atoms with Crippen molar-refractivity contribution in [3.05, 3.63) is 30.2 Å². The van der Waals surface area contributed by atoms with Gasteiger partial charge in [-0.05, 0) is 6.07 Å². The van der Waals surface area contributed by atoms with Gasteiger partial charge in [-0.15, -0.1) is 24.0 Å². The number of hydrogen-bond acceptors (Lipinski definition) is 7. The normalized spacial score (nSPS) is 15.2. The number of aryl methyl sites for hydroxylation is 1. The summed E-state index contributed by atoms with van der Waals surface area (Å²) in [6.07, 6.45) is 4.88. The highest BCUT2D eigenvalue weighted by Crippen LogP contribution is 2.09. The number of aliphatic imine (C=N–C) groups is 1. The van der Waals surface area contributed by atoms with Crippen molar-refractivity contribution in [2.24, 2.45) is 10.7 Å². The van der Waals surface area contributed by atoms with Gasteiger partial charge in [-0.25, -0.2) is 9.97 Å². The molecule has 0 spiro atoms. The number of nitrogens with zero attached hydrogens (tertiary/aromatic N) is 7. The first kappa shape index (κ1) is 19.3. The fourth-order valence-corrected chi connectivity index (χ4v) is 2.50. The molecule has 136 valence electrons. The van der Waals surface area contributed by atoms with Crippen LogP contribution in [0.15, 0.2) is 28.0 Å². The summed E-state index contributed by atoms with van der Waals surface area (Å²) in [5.74, 6) is 2.65. The fourth-order valence-electron chi connectivity index (χ4n) is 2.50. The lowest BCUT2D eigenvalue weighted by Crippen LogP contribution is -2.51. The van der Waals surface area contributed by atoms with Crippen molar-refractivity contribution >= 4 is 35.9 Å². The van der Waals surface area contributed by atoms with Crippen LogP contribution in [0.3, 0.4) is 0 Å². The highest BCUT2D eigenvalue weighted by atomic mass is 127. The standard InChI is InChI=1S/C15H22N8O.HI/c1-2-13-20-12(21-24-13)4-7-17-14(16)22-8-10-23(11-9-22)15-18-5-3-6-19-15;/h3,5-6H,2,4,7-11H2,1H3,(H2,16,17);1H. The van der Waals surface area contributed by atoms with Gasteiger partial charge >= 0.3 is 0 Å². The molecule has 0 radical (unpaired) electrons. The molecule has 0 amide bonds. The predicted octanol–water partition coefficient (Wildman–Crippen LogP) is 0.719. The molecule has 0 saturated carbocycles. The average molecular weight is 458 g/mol. The van der Waals surface area contributed by atoms with Crippen molar-refractivity contribution in [1.82, 2.24) is 25.0 Å². The highest BCUT2D eigenvalue weighted by Gasteiger charge is 2.19. The van der Waals surface area contributed by atoms with Gasteiger partial charge in [-0.1, -0.05) is 12.1 Å². The van der Waals surface area contributed by atoms with E-state index in [0.717, 1.165) is 38.5 Å². The van der Waals surface area contributed by atoms with Gasteiger partial charge in [-0.2, -0.15) is 4.98 Å². The molecule has 0 bridgehead atoms. The summed E-state index contributed by atoms with van der Waals surface area (Å²) in [6.45, 7) is 5.78. The molecule has 0 aromatic carbocycles. The van der Waals surface area contributed by atoms with Gasteiger partial charge in [0.25, 0.3) is 0 Å². The van der Waals surface area contributed by atoms with E-state index in [4.69, 9.17) is 10.3 Å². The smallest absolute Gasteiger partial charge is 0.226 e. The number of nitrogens with two attached hydrogens (primary N) is 1. The van der Waals surface area contributed by atoms with E-state index in [-0.39, 0.29) is 24.0 Å². The highest BCUT2D eigenvalue weighted by molar-refractivity contribution is 14.0. The maximum atomic E-state index is 6.09. The van der Waals surface area contributed by atoms with Crippen molar-refractivity contribution in [2.75, 3.05) is 37.6 Å². The van der Waals surface area contributed by atoms with Crippen LogP contribution in [-0.4, -0.2) is 63.7 Å². The first-order valence-electron chi connectivity index (χ1n) is 8.14. The van der Waals surface area contributed by atoms with Crippen LogP contribution < -0.4 is 10.6 Å². The Kier molecular flexibility index (Phi) is 7.34. The second-order valence-electron chi connectivity index (χ2n) is 5.47. The Balaban J connectivity index is 0.00000225. The minimum Gasteiger partial charge on any atom is -0.370 e. The van der Waals surface area contributed by atoms with Crippen molar-refractivity contribution in [1.29, 1.82) is 0 Å². The molecular weight excluding hydrogens is 435 g/mol. The van der Waals surface area contributed by atoms with E-state index in [1.807, 2.05) is 13.0 Å². The van der Waals surface area contributed by atoms with Crippen LogP contribution in [0.4, 0.5) is 5.95 Å². The topological polar surface area (TPSA) is 110 Å². The zero-order valence-corrected chi connectivity index (χ0v) is 16.5. The summed E-state index contributed by atoms with van der Waals surface area (Å²) >= 11 is 0. The molecule has 2 aromatic heterocycles. The molecule has 1 aliphatic rings. The summed E-state index contributed by atoms with van der Waals surface area (Å²) in [4.78, 5) is 21.5. The maximum Gasteiger partial charge on any atom is 0.226 e. The van der Waals surface area contributed by atoms with Gasteiger partial charge in [0.05, 0.1) is 0 Å². The van der Waals surface area contributed by atoms with Crippen LogP contribution in [0, 0.1) is 0 Å². The van der Waals surface area contributed by atoms with E-state index in [1.165, 1.54) is 0 Å². The molecule has 1 saturated heterocycles. The molecule has 1 aliphatic heterocycles. The quantitative estimate of drug-likeness (QED) is 0.397.